The van der Waals surface area contributed by atoms with E-state index < -0.39 is 0 Å². The zero-order chi connectivity index (χ0) is 26.9. The van der Waals surface area contributed by atoms with E-state index >= 15 is 0 Å². The van der Waals surface area contributed by atoms with Gasteiger partial charge in [-0.15, -0.1) is 0 Å². The number of hydrogen-bond acceptors (Lipinski definition) is 8. The SMILES string of the molecule is COc1ccccc1/C=C/C(=O)c1ccc(Nc2nc(Nc3ccccc3)nc(Nc3ccccc3)n2)cc1. The molecule has 0 bridgehead atoms. The van der Waals surface area contributed by atoms with Gasteiger partial charge in [0.25, 0.3) is 0 Å². The third-order valence-corrected chi connectivity index (χ3v) is 5.67. The number of allylic oxidation sites excluding steroid dienone is 1. The molecule has 0 aliphatic heterocycles. The fraction of sp³-hybridized carbons (Fsp3) is 0.0323. The summed E-state index contributed by atoms with van der Waals surface area (Å²) >= 11 is 0. The molecule has 0 spiro atoms. The Morgan fingerprint density at radius 2 is 1.08 bits per heavy atom. The number of ether oxygens (including phenoxy) is 1. The molecule has 0 aliphatic rings. The summed E-state index contributed by atoms with van der Waals surface area (Å²) in [6, 6.07) is 34.0. The Balaban J connectivity index is 1.33. The Bertz CT molecular complexity index is 1510. The summed E-state index contributed by atoms with van der Waals surface area (Å²) in [5.74, 6) is 1.70. The molecule has 4 aromatic carbocycles. The van der Waals surface area contributed by atoms with Crippen molar-refractivity contribution < 1.29 is 9.53 Å². The van der Waals surface area contributed by atoms with Crippen LogP contribution in [0.3, 0.4) is 0 Å². The van der Waals surface area contributed by atoms with Crippen molar-refractivity contribution in [3.8, 4) is 5.75 Å². The quantitative estimate of drug-likeness (QED) is 0.135. The lowest BCUT2D eigenvalue weighted by Crippen LogP contribution is -2.07. The number of aromatic nitrogens is 3. The van der Waals surface area contributed by atoms with Gasteiger partial charge in [0.05, 0.1) is 7.11 Å². The zero-order valence-corrected chi connectivity index (χ0v) is 21.2. The molecule has 5 aromatic rings. The first-order chi connectivity index (χ1) is 19.2. The van der Waals surface area contributed by atoms with Crippen LogP contribution in [0.5, 0.6) is 5.75 Å². The van der Waals surface area contributed by atoms with Crippen molar-refractivity contribution in [2.24, 2.45) is 0 Å². The van der Waals surface area contributed by atoms with Gasteiger partial charge in [-0.05, 0) is 66.7 Å². The van der Waals surface area contributed by atoms with Crippen LogP contribution in [0.1, 0.15) is 15.9 Å². The highest BCUT2D eigenvalue weighted by Gasteiger charge is 2.09. The maximum atomic E-state index is 12.7. The number of nitrogens with zero attached hydrogens (tertiary/aromatic N) is 3. The maximum absolute atomic E-state index is 12.7. The summed E-state index contributed by atoms with van der Waals surface area (Å²) in [6.07, 6.45) is 3.29. The van der Waals surface area contributed by atoms with Gasteiger partial charge in [-0.25, -0.2) is 0 Å². The molecule has 0 amide bonds. The summed E-state index contributed by atoms with van der Waals surface area (Å²) in [7, 11) is 1.61. The van der Waals surface area contributed by atoms with Gasteiger partial charge in [0.2, 0.25) is 17.8 Å². The van der Waals surface area contributed by atoms with E-state index in [2.05, 4.69) is 30.9 Å². The number of hydrogen-bond donors (Lipinski definition) is 3. The Kier molecular flexibility index (Phi) is 7.84. The van der Waals surface area contributed by atoms with Gasteiger partial charge in [0, 0.05) is 28.2 Å². The number of nitrogens with one attached hydrogen (secondary N) is 3. The molecule has 0 radical (unpaired) electrons. The summed E-state index contributed by atoms with van der Waals surface area (Å²) in [5.41, 5.74) is 3.82. The van der Waals surface area contributed by atoms with E-state index in [4.69, 9.17) is 4.74 Å². The van der Waals surface area contributed by atoms with Crippen LogP contribution in [0.4, 0.5) is 34.9 Å². The summed E-state index contributed by atoms with van der Waals surface area (Å²) in [5, 5.41) is 9.63. The third kappa shape index (κ3) is 6.84. The van der Waals surface area contributed by atoms with Crippen molar-refractivity contribution in [3.05, 3.63) is 126 Å². The number of benzene rings is 4. The molecule has 1 heterocycles. The van der Waals surface area contributed by atoms with E-state index in [9.17, 15) is 4.79 Å². The highest BCUT2D eigenvalue weighted by atomic mass is 16.5. The second-order valence-corrected chi connectivity index (χ2v) is 8.43. The number of ketones is 1. The van der Waals surface area contributed by atoms with Gasteiger partial charge >= 0.3 is 0 Å². The number of rotatable bonds is 10. The monoisotopic (exact) mass is 514 g/mol. The van der Waals surface area contributed by atoms with Gasteiger partial charge in [0.1, 0.15) is 5.75 Å². The van der Waals surface area contributed by atoms with Gasteiger partial charge in [-0.3, -0.25) is 4.79 Å². The second-order valence-electron chi connectivity index (χ2n) is 8.43. The van der Waals surface area contributed by atoms with E-state index in [0.29, 0.717) is 29.2 Å². The van der Waals surface area contributed by atoms with Crippen molar-refractivity contribution in [1.82, 2.24) is 15.0 Å². The number of anilines is 6. The van der Waals surface area contributed by atoms with Crippen molar-refractivity contribution in [3.63, 3.8) is 0 Å². The Hall–Kier alpha value is -5.50. The summed E-state index contributed by atoms with van der Waals surface area (Å²) in [6.45, 7) is 0. The molecular formula is C31H26N6O2. The first kappa shape index (κ1) is 25.2. The lowest BCUT2D eigenvalue weighted by atomic mass is 10.1. The minimum Gasteiger partial charge on any atom is -0.496 e. The average molecular weight is 515 g/mol. The van der Waals surface area contributed by atoms with Crippen molar-refractivity contribution in [2.75, 3.05) is 23.1 Å². The largest absolute Gasteiger partial charge is 0.496 e. The first-order valence-electron chi connectivity index (χ1n) is 12.3. The number of carbonyl (C=O) groups excluding carboxylic acids is 1. The van der Waals surface area contributed by atoms with Crippen LogP contribution in [-0.2, 0) is 0 Å². The van der Waals surface area contributed by atoms with Crippen LogP contribution in [0.2, 0.25) is 0 Å². The maximum Gasteiger partial charge on any atom is 0.233 e. The van der Waals surface area contributed by atoms with Crippen LogP contribution < -0.4 is 20.7 Å². The smallest absolute Gasteiger partial charge is 0.233 e. The Morgan fingerprint density at radius 1 is 0.615 bits per heavy atom. The van der Waals surface area contributed by atoms with Crippen molar-refractivity contribution in [1.29, 1.82) is 0 Å². The highest BCUT2D eigenvalue weighted by molar-refractivity contribution is 6.07. The van der Waals surface area contributed by atoms with E-state index in [1.165, 1.54) is 6.08 Å². The minimum absolute atomic E-state index is 0.115. The number of methoxy groups -OCH3 is 1. The predicted octanol–water partition coefficient (Wildman–Crippen LogP) is 7.01. The molecule has 0 aliphatic carbocycles. The molecular weight excluding hydrogens is 488 g/mol. The van der Waals surface area contributed by atoms with Crippen LogP contribution >= 0.6 is 0 Å². The topological polar surface area (TPSA) is 101 Å². The van der Waals surface area contributed by atoms with Crippen LogP contribution in [0.15, 0.2) is 115 Å². The van der Waals surface area contributed by atoms with Crippen molar-refractivity contribution in [2.45, 2.75) is 0 Å². The molecule has 5 rings (SSSR count). The molecule has 8 nitrogen and oxygen atoms in total. The van der Waals surface area contributed by atoms with Gasteiger partial charge in [-0.1, -0.05) is 54.6 Å². The Labute approximate surface area is 226 Å². The molecule has 0 fully saturated rings. The normalized spacial score (nSPS) is 10.7. The molecule has 192 valence electrons. The average Bonchev–Trinajstić information content (AvgIpc) is 2.97. The summed E-state index contributed by atoms with van der Waals surface area (Å²) < 4.78 is 5.34. The van der Waals surface area contributed by atoms with Crippen LogP contribution in [0, 0.1) is 0 Å². The standard InChI is InChI=1S/C31H26N6O2/c1-39-28-15-9-8-10-23(28)18-21-27(38)22-16-19-26(20-17-22)34-31-36-29(32-24-11-4-2-5-12-24)35-30(37-31)33-25-13-6-3-7-14-25/h2-21H,1H3,(H3,32,33,34,35,36,37)/b21-18+. The van der Waals surface area contributed by atoms with E-state index in [1.807, 2.05) is 97.1 Å². The van der Waals surface area contributed by atoms with Crippen LogP contribution in [0.25, 0.3) is 6.08 Å². The highest BCUT2D eigenvalue weighted by Crippen LogP contribution is 2.22. The van der Waals surface area contributed by atoms with Gasteiger partial charge < -0.3 is 20.7 Å². The van der Waals surface area contributed by atoms with Gasteiger partial charge in [-0.2, -0.15) is 15.0 Å². The zero-order valence-electron chi connectivity index (χ0n) is 21.2. The van der Waals surface area contributed by atoms with Crippen molar-refractivity contribution >= 4 is 46.8 Å². The molecule has 0 unspecified atom stereocenters. The number of para-hydroxylation sites is 3. The molecule has 1 aromatic heterocycles. The Morgan fingerprint density at radius 3 is 1.59 bits per heavy atom. The van der Waals surface area contributed by atoms with Gasteiger partial charge in [0.15, 0.2) is 5.78 Å². The van der Waals surface area contributed by atoms with E-state index in [-0.39, 0.29) is 5.78 Å². The predicted molar refractivity (Wildman–Crippen MR) is 155 cm³/mol. The molecule has 39 heavy (non-hydrogen) atoms. The van der Waals surface area contributed by atoms with E-state index in [0.717, 1.165) is 22.6 Å². The van der Waals surface area contributed by atoms with E-state index in [1.54, 1.807) is 25.3 Å². The third-order valence-electron chi connectivity index (χ3n) is 5.67. The molecule has 8 heteroatoms. The fourth-order valence-corrected chi connectivity index (χ4v) is 3.76. The minimum atomic E-state index is -0.115. The summed E-state index contributed by atoms with van der Waals surface area (Å²) in [4.78, 5) is 26.3. The molecule has 0 saturated heterocycles. The lowest BCUT2D eigenvalue weighted by molar-refractivity contribution is 0.104. The fourth-order valence-electron chi connectivity index (χ4n) is 3.76. The molecule has 0 atom stereocenters. The second kappa shape index (κ2) is 12.2. The molecule has 3 N–H and O–H groups in total. The first-order valence-corrected chi connectivity index (χ1v) is 12.3. The van der Waals surface area contributed by atoms with Crippen LogP contribution in [-0.4, -0.2) is 27.8 Å². The number of carbonyl (C=O) groups is 1. The lowest BCUT2D eigenvalue weighted by Gasteiger charge is -2.11. The molecule has 0 saturated carbocycles.